The van der Waals surface area contributed by atoms with Crippen LogP contribution in [0.1, 0.15) is 41.9 Å². The van der Waals surface area contributed by atoms with Crippen LogP contribution >= 0.6 is 27.3 Å². The van der Waals surface area contributed by atoms with Gasteiger partial charge in [0.25, 0.3) is 5.91 Å². The van der Waals surface area contributed by atoms with Crippen molar-refractivity contribution in [3.05, 3.63) is 45.0 Å². The Hall–Kier alpha value is -2.66. The van der Waals surface area contributed by atoms with E-state index in [4.69, 9.17) is 23.1 Å². The van der Waals surface area contributed by atoms with Crippen LogP contribution in [-0.4, -0.2) is 58.1 Å². The third-order valence-electron chi connectivity index (χ3n) is 6.26. The van der Waals surface area contributed by atoms with Gasteiger partial charge in [-0.05, 0) is 54.4 Å². The van der Waals surface area contributed by atoms with Gasteiger partial charge in [0.1, 0.15) is 31.0 Å². The molecule has 2 radical (unpaired) electrons. The maximum Gasteiger partial charge on any atom is 0.259 e. The molecule has 4 heterocycles. The molecule has 5 rings (SSSR count). The molecule has 0 atom stereocenters. The van der Waals surface area contributed by atoms with Crippen molar-refractivity contribution in [2.24, 2.45) is 5.73 Å². The molecule has 1 amide bonds. The molecule has 0 spiro atoms. The number of imidazole rings is 1. The van der Waals surface area contributed by atoms with E-state index in [2.05, 4.69) is 20.9 Å². The fourth-order valence-electron chi connectivity index (χ4n) is 4.36. The number of piperidine rings is 1. The van der Waals surface area contributed by atoms with E-state index in [9.17, 15) is 9.90 Å². The molecule has 11 heteroatoms. The summed E-state index contributed by atoms with van der Waals surface area (Å²) < 4.78 is 14.7. The van der Waals surface area contributed by atoms with Crippen molar-refractivity contribution in [3.63, 3.8) is 0 Å². The zero-order valence-electron chi connectivity index (χ0n) is 19.1. The Kier molecular flexibility index (Phi) is 5.59. The molecule has 2 aliphatic heterocycles. The fourth-order valence-corrected chi connectivity index (χ4v) is 6.07. The second kappa shape index (κ2) is 8.23. The van der Waals surface area contributed by atoms with E-state index in [1.54, 1.807) is 12.4 Å². The number of thiophene rings is 1. The molecule has 1 aromatic carbocycles. The second-order valence-electron chi connectivity index (χ2n) is 9.12. The van der Waals surface area contributed by atoms with E-state index in [1.807, 2.05) is 36.3 Å². The van der Waals surface area contributed by atoms with Crippen LogP contribution in [0.5, 0.6) is 5.75 Å². The third kappa shape index (κ3) is 3.74. The maximum atomic E-state index is 11.7. The molecule has 0 bridgehead atoms. The quantitative estimate of drug-likeness (QED) is 0.479. The van der Waals surface area contributed by atoms with Crippen LogP contribution in [0, 0.1) is 6.92 Å². The number of aliphatic hydroxyl groups is 1. The molecule has 3 N–H and O–H groups in total. The van der Waals surface area contributed by atoms with Crippen molar-refractivity contribution in [2.45, 2.75) is 45.3 Å². The normalized spacial score (nSPS) is 18.2. The standard InChI is InChI=1S/C23H24BBrN4O4S/c1-11-8-15(34-19(11)21(26)31)29-10-27-14-9-13(24)18(16(25)17(14)29)32-12-4-6-28(7-5-12)22-20(30)23(2,3)33-22/h8-10,12,30H,4-7H2,1-3H3,(H2,26,31). The van der Waals surface area contributed by atoms with Crippen LogP contribution in [0.3, 0.4) is 0 Å². The monoisotopic (exact) mass is 542 g/mol. The van der Waals surface area contributed by atoms with Crippen LogP contribution in [0.25, 0.3) is 16.0 Å². The van der Waals surface area contributed by atoms with Gasteiger partial charge in [-0.15, -0.1) is 11.3 Å². The van der Waals surface area contributed by atoms with Crippen LogP contribution in [-0.2, 0) is 4.74 Å². The number of amides is 1. The van der Waals surface area contributed by atoms with Crippen molar-refractivity contribution in [3.8, 4) is 10.8 Å². The number of hydrogen-bond acceptors (Lipinski definition) is 7. The zero-order chi connectivity index (χ0) is 24.4. The number of nitrogens with zero attached hydrogens (tertiary/aromatic N) is 3. The highest BCUT2D eigenvalue weighted by Gasteiger charge is 2.43. The van der Waals surface area contributed by atoms with Crippen LogP contribution in [0.2, 0.25) is 0 Å². The highest BCUT2D eigenvalue weighted by Crippen LogP contribution is 2.39. The first-order chi connectivity index (χ1) is 16.1. The Morgan fingerprint density at radius 1 is 1.38 bits per heavy atom. The molecule has 8 nitrogen and oxygen atoms in total. The zero-order valence-corrected chi connectivity index (χ0v) is 21.5. The van der Waals surface area contributed by atoms with Gasteiger partial charge in [0.05, 0.1) is 20.4 Å². The minimum atomic E-state index is -0.611. The maximum absolute atomic E-state index is 11.7. The van der Waals surface area contributed by atoms with Gasteiger partial charge in [-0.25, -0.2) is 4.98 Å². The molecule has 34 heavy (non-hydrogen) atoms. The van der Waals surface area contributed by atoms with Gasteiger partial charge in [-0.2, -0.15) is 0 Å². The lowest BCUT2D eigenvalue weighted by Gasteiger charge is -2.44. The molecule has 3 aromatic rings. The number of nitrogens with two attached hydrogens (primary N) is 1. The smallest absolute Gasteiger partial charge is 0.259 e. The van der Waals surface area contributed by atoms with Crippen LogP contribution in [0.4, 0.5) is 0 Å². The van der Waals surface area contributed by atoms with E-state index in [1.165, 1.54) is 11.3 Å². The lowest BCUT2D eigenvalue weighted by atomic mass is 9.94. The Morgan fingerprint density at radius 2 is 2.09 bits per heavy atom. The Labute approximate surface area is 210 Å². The molecular formula is C23H24BBrN4O4S. The highest BCUT2D eigenvalue weighted by molar-refractivity contribution is 9.10. The predicted molar refractivity (Wildman–Crippen MR) is 135 cm³/mol. The summed E-state index contributed by atoms with van der Waals surface area (Å²) in [7, 11) is 6.34. The van der Waals surface area contributed by atoms with Crippen molar-refractivity contribution in [1.29, 1.82) is 0 Å². The first-order valence-corrected chi connectivity index (χ1v) is 12.6. The van der Waals surface area contributed by atoms with Crippen LogP contribution in [0.15, 0.2) is 34.6 Å². The summed E-state index contributed by atoms with van der Waals surface area (Å²) in [4.78, 5) is 18.8. The van der Waals surface area contributed by atoms with Gasteiger partial charge in [0.2, 0.25) is 5.88 Å². The number of aliphatic hydroxyl groups excluding tert-OH is 1. The molecule has 0 aliphatic carbocycles. The molecule has 2 aliphatic rings. The number of benzene rings is 1. The average molecular weight is 543 g/mol. The van der Waals surface area contributed by atoms with Crippen molar-refractivity contribution in [2.75, 3.05) is 13.1 Å². The lowest BCUT2D eigenvalue weighted by molar-refractivity contribution is -0.0927. The largest absolute Gasteiger partial charge is 0.504 e. The lowest BCUT2D eigenvalue weighted by Crippen LogP contribution is -2.48. The van der Waals surface area contributed by atoms with Crippen molar-refractivity contribution in [1.82, 2.24) is 14.5 Å². The highest BCUT2D eigenvalue weighted by atomic mass is 79.9. The molecule has 1 saturated heterocycles. The topological polar surface area (TPSA) is 103 Å². The predicted octanol–water partition coefficient (Wildman–Crippen LogP) is 3.43. The number of hydrogen-bond donors (Lipinski definition) is 2. The third-order valence-corrected chi connectivity index (χ3v) is 8.25. The van der Waals surface area contributed by atoms with E-state index >= 15 is 0 Å². The van der Waals surface area contributed by atoms with Crippen LogP contribution < -0.4 is 15.9 Å². The number of aryl methyl sites for hydroxylation is 1. The number of rotatable bonds is 5. The second-order valence-corrected chi connectivity index (χ2v) is 10.9. The van der Waals surface area contributed by atoms with E-state index in [0.29, 0.717) is 50.8 Å². The SMILES string of the molecule is [B]c1cc2ncn(-c3cc(C)c(C(N)=O)s3)c2c(Br)c1OC1CCN(C2=C(O)C(C)(C)O2)CC1. The first kappa shape index (κ1) is 23.1. The van der Waals surface area contributed by atoms with Crippen molar-refractivity contribution < 1.29 is 19.4 Å². The van der Waals surface area contributed by atoms with Gasteiger partial charge in [0.15, 0.2) is 11.4 Å². The Balaban J connectivity index is 1.40. The first-order valence-electron chi connectivity index (χ1n) is 11.0. The molecule has 0 saturated carbocycles. The van der Waals surface area contributed by atoms with Gasteiger partial charge in [0, 0.05) is 25.9 Å². The Morgan fingerprint density at radius 3 is 2.68 bits per heavy atom. The van der Waals surface area contributed by atoms with Gasteiger partial charge >= 0.3 is 0 Å². The summed E-state index contributed by atoms with van der Waals surface area (Å²) in [6, 6.07) is 3.71. The van der Waals surface area contributed by atoms with E-state index < -0.39 is 11.5 Å². The minimum Gasteiger partial charge on any atom is -0.504 e. The molecule has 1 fully saturated rings. The average Bonchev–Trinajstić information content (AvgIpc) is 3.39. The summed E-state index contributed by atoms with van der Waals surface area (Å²) in [5, 5.41) is 11.1. The number of fused-ring (bicyclic) bond motifs is 1. The summed E-state index contributed by atoms with van der Waals surface area (Å²) >= 11 is 5.01. The minimum absolute atomic E-state index is 0.0371. The van der Waals surface area contributed by atoms with Crippen molar-refractivity contribution >= 4 is 57.5 Å². The molecular weight excluding hydrogens is 519 g/mol. The Bertz CT molecular complexity index is 1340. The number of primary amides is 1. The number of likely N-dealkylation sites (tertiary alicyclic amines) is 1. The van der Waals surface area contributed by atoms with Gasteiger partial charge in [-0.1, -0.05) is 5.46 Å². The number of carbonyl (C=O) groups excluding carboxylic acids is 1. The number of aromatic nitrogens is 2. The fraction of sp³-hybridized carbons (Fsp3) is 0.391. The number of ether oxygens (including phenoxy) is 2. The van der Waals surface area contributed by atoms with Gasteiger partial charge < -0.3 is 25.2 Å². The molecule has 176 valence electrons. The van der Waals surface area contributed by atoms with Gasteiger partial charge in [-0.3, -0.25) is 9.36 Å². The summed E-state index contributed by atoms with van der Waals surface area (Å²) in [5.41, 5.74) is 7.73. The molecule has 0 unspecified atom stereocenters. The molecule has 2 aromatic heterocycles. The summed E-state index contributed by atoms with van der Waals surface area (Å²) in [6.07, 6.45) is 3.18. The summed E-state index contributed by atoms with van der Waals surface area (Å²) in [5.74, 6) is 0.980. The van der Waals surface area contributed by atoms with E-state index in [0.717, 1.165) is 28.9 Å². The van der Waals surface area contributed by atoms with E-state index in [-0.39, 0.29) is 6.10 Å². The number of halogens is 1. The summed E-state index contributed by atoms with van der Waals surface area (Å²) in [6.45, 7) is 6.97. The number of carbonyl (C=O) groups is 1.